The van der Waals surface area contributed by atoms with Crippen molar-refractivity contribution in [3.8, 4) is 0 Å². The van der Waals surface area contributed by atoms with E-state index in [4.69, 9.17) is 10.8 Å². The van der Waals surface area contributed by atoms with Crippen molar-refractivity contribution < 1.29 is 19.5 Å². The van der Waals surface area contributed by atoms with Gasteiger partial charge >= 0.3 is 12.0 Å². The molecular weight excluding hydrogens is 352 g/mol. The van der Waals surface area contributed by atoms with Crippen LogP contribution in [0, 0.1) is 0 Å². The molecule has 3 amide bonds. The quantitative estimate of drug-likeness (QED) is 0.419. The number of hydrogen-bond acceptors (Lipinski definition) is 3. The van der Waals surface area contributed by atoms with Gasteiger partial charge in [0, 0.05) is 6.42 Å². The lowest BCUT2D eigenvalue weighted by molar-refractivity contribution is -0.137. The normalized spacial score (nSPS) is 10.4. The first-order valence-corrected chi connectivity index (χ1v) is 8.54. The fourth-order valence-corrected chi connectivity index (χ4v) is 1.77. The van der Waals surface area contributed by atoms with Crippen LogP contribution in [0.25, 0.3) is 0 Å². The molecule has 0 saturated heterocycles. The van der Waals surface area contributed by atoms with E-state index in [0.717, 1.165) is 12.8 Å². The standard InChI is InChI=1S/C8H16O2.C7H13BrN2O2/c1-2-3-4-5-6-7-8(9)10;1-3-7(8,4-2)5(11)10-6(9)12/h2-7H2,1H3,(H,9,10);3-4H2,1-2H3,(H3,9,10,11,12). The number of amides is 3. The Balaban J connectivity index is 0. The number of rotatable bonds is 9. The van der Waals surface area contributed by atoms with Crippen LogP contribution >= 0.6 is 15.9 Å². The van der Waals surface area contributed by atoms with Gasteiger partial charge in [-0.2, -0.15) is 0 Å². The van der Waals surface area contributed by atoms with Gasteiger partial charge in [-0.15, -0.1) is 0 Å². The number of nitrogens with one attached hydrogen (secondary N) is 1. The maximum absolute atomic E-state index is 11.3. The van der Waals surface area contributed by atoms with Crippen LogP contribution in [-0.2, 0) is 9.59 Å². The number of primary amides is 1. The minimum atomic E-state index is -0.814. The topological polar surface area (TPSA) is 109 Å². The molecule has 0 aromatic carbocycles. The van der Waals surface area contributed by atoms with Crippen LogP contribution in [0.4, 0.5) is 4.79 Å². The molecule has 0 fully saturated rings. The van der Waals surface area contributed by atoms with Gasteiger partial charge in [-0.3, -0.25) is 14.9 Å². The summed E-state index contributed by atoms with van der Waals surface area (Å²) in [4.78, 5) is 31.7. The summed E-state index contributed by atoms with van der Waals surface area (Å²) in [6, 6.07) is -0.814. The first-order chi connectivity index (χ1) is 10.2. The van der Waals surface area contributed by atoms with Crippen LogP contribution in [0.2, 0.25) is 0 Å². The number of carbonyl (C=O) groups is 3. The molecule has 0 atom stereocenters. The molecule has 0 rings (SSSR count). The lowest BCUT2D eigenvalue weighted by Crippen LogP contribution is -2.46. The Morgan fingerprint density at radius 2 is 1.55 bits per heavy atom. The van der Waals surface area contributed by atoms with Crippen molar-refractivity contribution in [2.24, 2.45) is 5.73 Å². The summed E-state index contributed by atoms with van der Waals surface area (Å²) in [7, 11) is 0. The molecule has 0 radical (unpaired) electrons. The SMILES string of the molecule is CCC(Br)(CC)C(=O)NC(N)=O.CCCCCCCC(=O)O. The van der Waals surface area contributed by atoms with Crippen molar-refractivity contribution in [2.45, 2.75) is 76.5 Å². The Hall–Kier alpha value is -1.11. The van der Waals surface area contributed by atoms with Crippen molar-refractivity contribution in [3.63, 3.8) is 0 Å². The predicted molar refractivity (Wildman–Crippen MR) is 91.0 cm³/mol. The Labute approximate surface area is 141 Å². The molecule has 6 nitrogen and oxygen atoms in total. The van der Waals surface area contributed by atoms with Crippen LogP contribution in [-0.4, -0.2) is 27.3 Å². The Morgan fingerprint density at radius 3 is 1.91 bits per heavy atom. The van der Waals surface area contributed by atoms with Crippen molar-refractivity contribution in [3.05, 3.63) is 0 Å². The van der Waals surface area contributed by atoms with Crippen LogP contribution in [0.5, 0.6) is 0 Å². The number of unbranched alkanes of at least 4 members (excludes halogenated alkanes) is 4. The Bertz CT molecular complexity index is 344. The van der Waals surface area contributed by atoms with Crippen molar-refractivity contribution in [2.75, 3.05) is 0 Å². The largest absolute Gasteiger partial charge is 0.481 e. The third-order valence-electron chi connectivity index (χ3n) is 3.26. The van der Waals surface area contributed by atoms with Gasteiger partial charge in [0.05, 0.1) is 0 Å². The Morgan fingerprint density at radius 1 is 1.05 bits per heavy atom. The monoisotopic (exact) mass is 380 g/mol. The predicted octanol–water partition coefficient (Wildman–Crippen LogP) is 3.57. The van der Waals surface area contributed by atoms with Gasteiger partial charge in [-0.1, -0.05) is 62.4 Å². The molecule has 0 bridgehead atoms. The number of halogens is 1. The fourth-order valence-electron chi connectivity index (χ4n) is 1.67. The van der Waals surface area contributed by atoms with Gasteiger partial charge in [0.1, 0.15) is 4.32 Å². The van der Waals surface area contributed by atoms with E-state index < -0.39 is 16.3 Å². The van der Waals surface area contributed by atoms with Crippen molar-refractivity contribution in [1.29, 1.82) is 0 Å². The van der Waals surface area contributed by atoms with Crippen molar-refractivity contribution in [1.82, 2.24) is 5.32 Å². The molecule has 4 N–H and O–H groups in total. The second-order valence-electron chi connectivity index (χ2n) is 5.05. The highest BCUT2D eigenvalue weighted by molar-refractivity contribution is 9.10. The summed E-state index contributed by atoms with van der Waals surface area (Å²) in [6.45, 7) is 5.87. The number of hydrogen-bond donors (Lipinski definition) is 3. The minimum Gasteiger partial charge on any atom is -0.481 e. The number of carboxylic acid groups (broad SMARTS) is 1. The number of imide groups is 1. The third-order valence-corrected chi connectivity index (χ3v) is 4.74. The lowest BCUT2D eigenvalue weighted by Gasteiger charge is -2.21. The van der Waals surface area contributed by atoms with E-state index in [9.17, 15) is 14.4 Å². The number of carbonyl (C=O) groups excluding carboxylic acids is 2. The second-order valence-corrected chi connectivity index (χ2v) is 6.57. The first kappa shape index (κ1) is 23.2. The maximum Gasteiger partial charge on any atom is 0.318 e. The molecule has 0 aromatic rings. The summed E-state index contributed by atoms with van der Waals surface area (Å²) in [6.07, 6.45) is 7.11. The van der Waals surface area contributed by atoms with Gasteiger partial charge in [0.15, 0.2) is 0 Å². The van der Waals surface area contributed by atoms with E-state index >= 15 is 0 Å². The summed E-state index contributed by atoms with van der Waals surface area (Å²) in [5.74, 6) is -1.04. The smallest absolute Gasteiger partial charge is 0.318 e. The number of aliphatic carboxylic acids is 1. The number of urea groups is 1. The molecule has 0 heterocycles. The van der Waals surface area contributed by atoms with E-state index in [1.54, 1.807) is 0 Å². The minimum absolute atomic E-state index is 0.337. The van der Waals surface area contributed by atoms with E-state index in [-0.39, 0.29) is 5.91 Å². The zero-order chi connectivity index (χ0) is 17.6. The number of carboxylic acids is 1. The molecule has 0 spiro atoms. The van der Waals surface area contributed by atoms with Gasteiger partial charge in [-0.05, 0) is 19.3 Å². The summed E-state index contributed by atoms with van der Waals surface area (Å²) in [5, 5.41) is 10.3. The van der Waals surface area contributed by atoms with Crippen LogP contribution in [0.15, 0.2) is 0 Å². The lowest BCUT2D eigenvalue weighted by atomic mass is 10.0. The Kier molecular flexibility index (Phi) is 14.3. The van der Waals surface area contributed by atoms with Crippen LogP contribution in [0.3, 0.4) is 0 Å². The summed E-state index contributed by atoms with van der Waals surface area (Å²) < 4.78 is -0.665. The number of nitrogens with two attached hydrogens (primary N) is 1. The highest BCUT2D eigenvalue weighted by Gasteiger charge is 2.32. The van der Waals surface area contributed by atoms with Gasteiger partial charge in [0.25, 0.3) is 0 Å². The second kappa shape index (κ2) is 13.5. The van der Waals surface area contributed by atoms with Gasteiger partial charge in [-0.25, -0.2) is 4.79 Å². The van der Waals surface area contributed by atoms with E-state index in [0.29, 0.717) is 19.3 Å². The van der Waals surface area contributed by atoms with Crippen molar-refractivity contribution >= 4 is 33.8 Å². The number of alkyl halides is 1. The molecular formula is C15H29BrN2O4. The molecule has 0 saturated carbocycles. The molecule has 0 aliphatic heterocycles. The third kappa shape index (κ3) is 12.6. The molecule has 0 aliphatic rings. The molecule has 7 heteroatoms. The highest BCUT2D eigenvalue weighted by atomic mass is 79.9. The molecule has 130 valence electrons. The van der Waals surface area contributed by atoms with Gasteiger partial charge < -0.3 is 10.8 Å². The van der Waals surface area contributed by atoms with Crippen LogP contribution in [0.1, 0.15) is 72.1 Å². The zero-order valence-electron chi connectivity index (χ0n) is 13.8. The highest BCUT2D eigenvalue weighted by Crippen LogP contribution is 2.26. The summed E-state index contributed by atoms with van der Waals surface area (Å²) in [5.41, 5.74) is 4.81. The average molecular weight is 381 g/mol. The van der Waals surface area contributed by atoms with E-state index in [2.05, 4.69) is 22.9 Å². The molecule has 0 unspecified atom stereocenters. The zero-order valence-corrected chi connectivity index (χ0v) is 15.4. The first-order valence-electron chi connectivity index (χ1n) is 7.75. The maximum atomic E-state index is 11.3. The van der Waals surface area contributed by atoms with E-state index in [1.165, 1.54) is 19.3 Å². The summed E-state index contributed by atoms with van der Waals surface area (Å²) >= 11 is 3.26. The molecule has 0 aliphatic carbocycles. The molecule has 0 aromatic heterocycles. The average Bonchev–Trinajstić information content (AvgIpc) is 2.45. The van der Waals surface area contributed by atoms with Gasteiger partial charge in [0.2, 0.25) is 5.91 Å². The van der Waals surface area contributed by atoms with Crippen LogP contribution < -0.4 is 11.1 Å². The fraction of sp³-hybridized carbons (Fsp3) is 0.800. The van der Waals surface area contributed by atoms with E-state index in [1.807, 2.05) is 19.2 Å². The molecule has 22 heavy (non-hydrogen) atoms.